The van der Waals surface area contributed by atoms with E-state index >= 15 is 0 Å². The van der Waals surface area contributed by atoms with E-state index in [1.165, 1.54) is 0 Å². The fourth-order valence-electron chi connectivity index (χ4n) is 2.11. The number of ether oxygens (including phenoxy) is 1. The molecule has 0 aliphatic rings. The molecule has 2 rings (SSSR count). The third-order valence-electron chi connectivity index (χ3n) is 3.07. The summed E-state index contributed by atoms with van der Waals surface area (Å²) in [5, 5.41) is 2.11. The van der Waals surface area contributed by atoms with Crippen molar-refractivity contribution in [3.05, 3.63) is 42.2 Å². The molecule has 2 aromatic rings. The molecule has 0 amide bonds. The average Bonchev–Trinajstić information content (AvgIpc) is 2.39. The summed E-state index contributed by atoms with van der Waals surface area (Å²) in [7, 11) is 0. The third-order valence-corrected chi connectivity index (χ3v) is 3.07. The molecule has 2 N–H and O–H groups in total. The number of hydrogen-bond donors (Lipinski definition) is 1. The number of esters is 1. The number of carbonyl (C=O) groups is 1. The molecule has 0 aliphatic heterocycles. The van der Waals surface area contributed by atoms with Crippen LogP contribution in [0, 0.1) is 0 Å². The molecule has 0 spiro atoms. The topological polar surface area (TPSA) is 65.2 Å². The fraction of sp³-hybridized carbons (Fsp3) is 0.333. The predicted octanol–water partition coefficient (Wildman–Crippen LogP) is 2.06. The van der Waals surface area contributed by atoms with Gasteiger partial charge in [0.25, 0.3) is 0 Å². The summed E-state index contributed by atoms with van der Waals surface area (Å²) < 4.78 is 5.01. The van der Waals surface area contributed by atoms with Crippen LogP contribution in [-0.2, 0) is 16.0 Å². The first-order valence-corrected chi connectivity index (χ1v) is 6.32. The summed E-state index contributed by atoms with van der Waals surface area (Å²) in [6, 6.07) is 7.85. The van der Waals surface area contributed by atoms with Gasteiger partial charge in [-0.3, -0.25) is 9.78 Å². The number of nitrogens with two attached hydrogens (primary N) is 1. The number of carbonyl (C=O) groups excluding carboxylic acids is 1. The van der Waals surface area contributed by atoms with Crippen molar-refractivity contribution in [2.75, 3.05) is 6.61 Å². The van der Waals surface area contributed by atoms with Crippen molar-refractivity contribution >= 4 is 16.7 Å². The molecule has 100 valence electrons. The summed E-state index contributed by atoms with van der Waals surface area (Å²) in [5.74, 6) is -0.374. The zero-order valence-corrected chi connectivity index (χ0v) is 11.2. The lowest BCUT2D eigenvalue weighted by molar-refractivity contribution is -0.148. The smallest absolute Gasteiger partial charge is 0.326 e. The number of benzene rings is 1. The maximum absolute atomic E-state index is 11.8. The van der Waals surface area contributed by atoms with Crippen LogP contribution in [0.2, 0.25) is 0 Å². The zero-order valence-electron chi connectivity index (χ0n) is 11.2. The second kappa shape index (κ2) is 5.36. The van der Waals surface area contributed by atoms with Crippen molar-refractivity contribution in [3.8, 4) is 0 Å². The minimum atomic E-state index is -1.02. The van der Waals surface area contributed by atoms with Gasteiger partial charge in [-0.2, -0.15) is 0 Å². The first-order valence-electron chi connectivity index (χ1n) is 6.32. The minimum Gasteiger partial charge on any atom is -0.465 e. The van der Waals surface area contributed by atoms with Gasteiger partial charge in [0.1, 0.15) is 5.54 Å². The van der Waals surface area contributed by atoms with Crippen molar-refractivity contribution in [1.82, 2.24) is 4.98 Å². The Bertz CT molecular complexity index is 588. The van der Waals surface area contributed by atoms with Gasteiger partial charge >= 0.3 is 5.97 Å². The number of fused-ring (bicyclic) bond motifs is 1. The molecule has 1 aromatic carbocycles. The Kier molecular flexibility index (Phi) is 3.81. The minimum absolute atomic E-state index is 0.338. The first-order chi connectivity index (χ1) is 9.04. The van der Waals surface area contributed by atoms with Crippen LogP contribution in [0.15, 0.2) is 36.7 Å². The molecule has 4 nitrogen and oxygen atoms in total. The number of rotatable bonds is 4. The van der Waals surface area contributed by atoms with E-state index in [4.69, 9.17) is 10.5 Å². The van der Waals surface area contributed by atoms with Gasteiger partial charge in [0, 0.05) is 24.2 Å². The van der Waals surface area contributed by atoms with E-state index in [2.05, 4.69) is 4.98 Å². The molecule has 0 saturated heterocycles. The number of pyridine rings is 1. The maximum atomic E-state index is 11.8. The van der Waals surface area contributed by atoms with Crippen LogP contribution in [0.5, 0.6) is 0 Å². The van der Waals surface area contributed by atoms with E-state index in [9.17, 15) is 4.79 Å². The molecule has 1 heterocycles. The van der Waals surface area contributed by atoms with E-state index in [1.54, 1.807) is 26.2 Å². The largest absolute Gasteiger partial charge is 0.465 e. The standard InChI is InChI=1S/C15H18N2O2/c1-3-19-14(18)15(2,16)9-11-5-4-6-12-10-17-8-7-13(11)12/h4-8,10H,3,9,16H2,1-2H3. The molecule has 1 unspecified atom stereocenters. The molecular weight excluding hydrogens is 240 g/mol. The number of hydrogen-bond acceptors (Lipinski definition) is 4. The highest BCUT2D eigenvalue weighted by Gasteiger charge is 2.30. The molecule has 4 heteroatoms. The monoisotopic (exact) mass is 258 g/mol. The molecule has 0 fully saturated rings. The van der Waals surface area contributed by atoms with Gasteiger partial charge in [0.05, 0.1) is 6.61 Å². The molecule has 0 bridgehead atoms. The molecule has 0 radical (unpaired) electrons. The summed E-state index contributed by atoms with van der Waals surface area (Å²) in [6.45, 7) is 3.81. The summed E-state index contributed by atoms with van der Waals surface area (Å²) >= 11 is 0. The second-order valence-electron chi connectivity index (χ2n) is 4.83. The van der Waals surface area contributed by atoms with Gasteiger partial charge in [0.2, 0.25) is 0 Å². The highest BCUT2D eigenvalue weighted by atomic mass is 16.5. The van der Waals surface area contributed by atoms with Crippen molar-refractivity contribution in [1.29, 1.82) is 0 Å². The van der Waals surface area contributed by atoms with Crippen molar-refractivity contribution in [2.24, 2.45) is 5.73 Å². The van der Waals surface area contributed by atoms with E-state index in [1.807, 2.05) is 24.3 Å². The third kappa shape index (κ3) is 2.90. The van der Waals surface area contributed by atoms with Crippen LogP contribution in [0.3, 0.4) is 0 Å². The predicted molar refractivity (Wildman–Crippen MR) is 74.7 cm³/mol. The van der Waals surface area contributed by atoms with Crippen molar-refractivity contribution < 1.29 is 9.53 Å². The van der Waals surface area contributed by atoms with Gasteiger partial charge in [-0.1, -0.05) is 18.2 Å². The van der Waals surface area contributed by atoms with Gasteiger partial charge in [0.15, 0.2) is 0 Å². The van der Waals surface area contributed by atoms with Gasteiger partial charge in [-0.25, -0.2) is 0 Å². The lowest BCUT2D eigenvalue weighted by Gasteiger charge is -2.23. The highest BCUT2D eigenvalue weighted by Crippen LogP contribution is 2.21. The average molecular weight is 258 g/mol. The lowest BCUT2D eigenvalue weighted by Crippen LogP contribution is -2.48. The molecular formula is C15H18N2O2. The lowest BCUT2D eigenvalue weighted by atomic mass is 9.91. The van der Waals surface area contributed by atoms with Crippen LogP contribution in [0.4, 0.5) is 0 Å². The van der Waals surface area contributed by atoms with E-state index in [-0.39, 0.29) is 5.97 Å². The van der Waals surface area contributed by atoms with Crippen LogP contribution < -0.4 is 5.73 Å². The summed E-state index contributed by atoms with van der Waals surface area (Å²) in [6.07, 6.45) is 3.98. The van der Waals surface area contributed by atoms with Gasteiger partial charge < -0.3 is 10.5 Å². The zero-order chi connectivity index (χ0) is 13.9. The fourth-order valence-corrected chi connectivity index (χ4v) is 2.11. The Morgan fingerprint density at radius 1 is 1.42 bits per heavy atom. The van der Waals surface area contributed by atoms with E-state index in [0.29, 0.717) is 13.0 Å². The highest BCUT2D eigenvalue weighted by molar-refractivity contribution is 5.87. The molecule has 0 saturated carbocycles. The summed E-state index contributed by atoms with van der Waals surface area (Å²) in [5.41, 5.74) is 6.08. The quantitative estimate of drug-likeness (QED) is 0.852. The molecule has 1 atom stereocenters. The van der Waals surface area contributed by atoms with E-state index < -0.39 is 5.54 Å². The molecule has 1 aromatic heterocycles. The van der Waals surface area contributed by atoms with E-state index in [0.717, 1.165) is 16.3 Å². The van der Waals surface area contributed by atoms with Gasteiger partial charge in [-0.05, 0) is 30.9 Å². The Morgan fingerprint density at radius 2 is 2.21 bits per heavy atom. The van der Waals surface area contributed by atoms with Gasteiger partial charge in [-0.15, -0.1) is 0 Å². The van der Waals surface area contributed by atoms with Crippen LogP contribution in [0.25, 0.3) is 10.8 Å². The van der Waals surface area contributed by atoms with Crippen molar-refractivity contribution in [3.63, 3.8) is 0 Å². The summed E-state index contributed by atoms with van der Waals surface area (Å²) in [4.78, 5) is 15.9. The second-order valence-corrected chi connectivity index (χ2v) is 4.83. The Balaban J connectivity index is 2.33. The molecule has 0 aliphatic carbocycles. The normalized spacial score (nSPS) is 14.1. The Hall–Kier alpha value is -1.94. The first kappa shape index (κ1) is 13.5. The Morgan fingerprint density at radius 3 is 2.95 bits per heavy atom. The van der Waals surface area contributed by atoms with Crippen molar-refractivity contribution in [2.45, 2.75) is 25.8 Å². The maximum Gasteiger partial charge on any atom is 0.326 e. The Labute approximate surface area is 112 Å². The van der Waals surface area contributed by atoms with Crippen LogP contribution >= 0.6 is 0 Å². The van der Waals surface area contributed by atoms with Crippen LogP contribution in [0.1, 0.15) is 19.4 Å². The molecule has 19 heavy (non-hydrogen) atoms. The number of aromatic nitrogens is 1. The number of nitrogens with zero attached hydrogens (tertiary/aromatic N) is 1. The SMILES string of the molecule is CCOC(=O)C(C)(N)Cc1cccc2cnccc12. The van der Waals surface area contributed by atoms with Crippen LogP contribution in [-0.4, -0.2) is 23.1 Å².